The van der Waals surface area contributed by atoms with E-state index in [1.165, 1.54) is 5.57 Å². The van der Waals surface area contributed by atoms with Crippen LogP contribution in [-0.4, -0.2) is 0 Å². The van der Waals surface area contributed by atoms with Crippen LogP contribution in [-0.2, 0) is 0 Å². The SMILES string of the molecule is S/C=C1/C=CC=CC1. The quantitative estimate of drug-likeness (QED) is 0.471. The van der Waals surface area contributed by atoms with E-state index in [0.717, 1.165) is 6.42 Å². The lowest BCUT2D eigenvalue weighted by atomic mass is 10.1. The Hall–Kier alpha value is -0.430. The highest BCUT2D eigenvalue weighted by atomic mass is 32.1. The van der Waals surface area contributed by atoms with Crippen molar-refractivity contribution in [1.29, 1.82) is 0 Å². The van der Waals surface area contributed by atoms with Crippen molar-refractivity contribution in [3.63, 3.8) is 0 Å². The molecule has 0 amide bonds. The predicted molar refractivity (Wildman–Crippen MR) is 40.0 cm³/mol. The maximum Gasteiger partial charge on any atom is -0.00893 e. The molecule has 0 aliphatic heterocycles. The van der Waals surface area contributed by atoms with Crippen molar-refractivity contribution in [2.75, 3.05) is 0 Å². The zero-order chi connectivity index (χ0) is 5.82. The maximum absolute atomic E-state index is 4.02. The highest BCUT2D eigenvalue weighted by Crippen LogP contribution is 2.09. The third-order valence-electron chi connectivity index (χ3n) is 1.08. The molecule has 0 fully saturated rings. The molecule has 1 aliphatic rings. The van der Waals surface area contributed by atoms with E-state index in [1.54, 1.807) is 0 Å². The van der Waals surface area contributed by atoms with Crippen molar-refractivity contribution in [3.05, 3.63) is 35.3 Å². The summed E-state index contributed by atoms with van der Waals surface area (Å²) in [4.78, 5) is 0. The van der Waals surface area contributed by atoms with E-state index < -0.39 is 0 Å². The Balaban J connectivity index is 2.66. The first-order valence-electron chi connectivity index (χ1n) is 2.60. The van der Waals surface area contributed by atoms with Gasteiger partial charge in [-0.1, -0.05) is 24.3 Å². The number of hydrogen-bond acceptors (Lipinski definition) is 1. The lowest BCUT2D eigenvalue weighted by molar-refractivity contribution is 1.27. The molecule has 42 valence electrons. The van der Waals surface area contributed by atoms with Gasteiger partial charge in [0.05, 0.1) is 0 Å². The van der Waals surface area contributed by atoms with Crippen molar-refractivity contribution in [2.24, 2.45) is 0 Å². The van der Waals surface area contributed by atoms with Crippen LogP contribution < -0.4 is 0 Å². The van der Waals surface area contributed by atoms with E-state index in [9.17, 15) is 0 Å². The molecule has 1 aliphatic carbocycles. The number of hydrogen-bond donors (Lipinski definition) is 1. The van der Waals surface area contributed by atoms with Gasteiger partial charge in [-0.15, -0.1) is 0 Å². The molecule has 0 nitrogen and oxygen atoms in total. The van der Waals surface area contributed by atoms with Crippen LogP contribution in [0.2, 0.25) is 0 Å². The maximum atomic E-state index is 4.02. The van der Waals surface area contributed by atoms with Gasteiger partial charge in [-0.25, -0.2) is 0 Å². The van der Waals surface area contributed by atoms with Gasteiger partial charge >= 0.3 is 0 Å². The molecular weight excluding hydrogens is 116 g/mol. The summed E-state index contributed by atoms with van der Waals surface area (Å²) in [6.07, 6.45) is 9.27. The average Bonchev–Trinajstić information content (AvgIpc) is 1.90. The summed E-state index contributed by atoms with van der Waals surface area (Å²) in [7, 11) is 0. The standard InChI is InChI=1S/C7H8S/c8-6-7-4-2-1-3-5-7/h1-4,6,8H,5H2/b7-6-. The Morgan fingerprint density at radius 2 is 2.38 bits per heavy atom. The lowest BCUT2D eigenvalue weighted by Gasteiger charge is -1.96. The summed E-state index contributed by atoms with van der Waals surface area (Å²) >= 11 is 4.02. The molecule has 0 radical (unpaired) electrons. The van der Waals surface area contributed by atoms with Gasteiger partial charge in [-0.3, -0.25) is 0 Å². The first kappa shape index (κ1) is 5.70. The highest BCUT2D eigenvalue weighted by Gasteiger charge is 1.88. The van der Waals surface area contributed by atoms with Gasteiger partial charge in [-0.2, -0.15) is 12.6 Å². The lowest BCUT2D eigenvalue weighted by Crippen LogP contribution is -1.76. The van der Waals surface area contributed by atoms with Crippen molar-refractivity contribution >= 4 is 12.6 Å². The predicted octanol–water partition coefficient (Wildman–Crippen LogP) is 2.32. The summed E-state index contributed by atoms with van der Waals surface area (Å²) < 4.78 is 0. The molecule has 0 spiro atoms. The zero-order valence-corrected chi connectivity index (χ0v) is 5.44. The van der Waals surface area contributed by atoms with Crippen LogP contribution in [0.3, 0.4) is 0 Å². The molecule has 0 saturated heterocycles. The van der Waals surface area contributed by atoms with Crippen LogP contribution in [0.5, 0.6) is 0 Å². The minimum absolute atomic E-state index is 1.03. The number of rotatable bonds is 0. The van der Waals surface area contributed by atoms with Crippen LogP contribution >= 0.6 is 12.6 Å². The van der Waals surface area contributed by atoms with Gasteiger partial charge in [0.25, 0.3) is 0 Å². The molecular formula is C7H8S. The molecule has 0 aromatic carbocycles. The van der Waals surface area contributed by atoms with Crippen LogP contribution in [0.15, 0.2) is 35.3 Å². The first-order valence-corrected chi connectivity index (χ1v) is 3.11. The fourth-order valence-corrected chi connectivity index (χ4v) is 0.817. The van der Waals surface area contributed by atoms with Crippen molar-refractivity contribution in [1.82, 2.24) is 0 Å². The third-order valence-corrected chi connectivity index (χ3v) is 1.41. The van der Waals surface area contributed by atoms with E-state index >= 15 is 0 Å². The van der Waals surface area contributed by atoms with Crippen molar-refractivity contribution < 1.29 is 0 Å². The smallest absolute Gasteiger partial charge is 0.00893 e. The molecule has 8 heavy (non-hydrogen) atoms. The Kier molecular flexibility index (Phi) is 1.98. The second-order valence-electron chi connectivity index (χ2n) is 1.70. The fourth-order valence-electron chi connectivity index (χ4n) is 0.626. The van der Waals surface area contributed by atoms with Gasteiger partial charge in [0, 0.05) is 0 Å². The number of thiol groups is 1. The van der Waals surface area contributed by atoms with Crippen LogP contribution in [0.1, 0.15) is 6.42 Å². The molecule has 1 heteroatoms. The Morgan fingerprint density at radius 1 is 1.50 bits per heavy atom. The van der Waals surface area contributed by atoms with Gasteiger partial charge < -0.3 is 0 Å². The Morgan fingerprint density at radius 3 is 2.75 bits per heavy atom. The van der Waals surface area contributed by atoms with Crippen molar-refractivity contribution in [3.8, 4) is 0 Å². The van der Waals surface area contributed by atoms with Gasteiger partial charge in [-0.05, 0) is 17.4 Å². The molecule has 0 saturated carbocycles. The monoisotopic (exact) mass is 124 g/mol. The van der Waals surface area contributed by atoms with Crippen LogP contribution in [0, 0.1) is 0 Å². The molecule has 0 aromatic heterocycles. The Bertz CT molecular complexity index is 152. The molecule has 0 N–H and O–H groups in total. The van der Waals surface area contributed by atoms with Gasteiger partial charge in [0.1, 0.15) is 0 Å². The third kappa shape index (κ3) is 1.27. The highest BCUT2D eigenvalue weighted by molar-refractivity contribution is 7.83. The van der Waals surface area contributed by atoms with Crippen molar-refractivity contribution in [2.45, 2.75) is 6.42 Å². The summed E-state index contributed by atoms with van der Waals surface area (Å²) in [5.74, 6) is 0. The molecule has 0 atom stereocenters. The fraction of sp³-hybridized carbons (Fsp3) is 0.143. The normalized spacial score (nSPS) is 22.4. The summed E-state index contributed by atoms with van der Waals surface area (Å²) in [5.41, 5.74) is 1.27. The topological polar surface area (TPSA) is 0 Å². The van der Waals surface area contributed by atoms with E-state index in [-0.39, 0.29) is 0 Å². The van der Waals surface area contributed by atoms with E-state index in [2.05, 4.69) is 24.8 Å². The summed E-state index contributed by atoms with van der Waals surface area (Å²) in [6.45, 7) is 0. The van der Waals surface area contributed by atoms with E-state index in [0.29, 0.717) is 0 Å². The molecule has 0 unspecified atom stereocenters. The number of allylic oxidation sites excluding steroid dienone is 5. The van der Waals surface area contributed by atoms with E-state index in [1.807, 2.05) is 17.6 Å². The van der Waals surface area contributed by atoms with Gasteiger partial charge in [0.15, 0.2) is 0 Å². The zero-order valence-electron chi connectivity index (χ0n) is 4.54. The van der Waals surface area contributed by atoms with Crippen LogP contribution in [0.25, 0.3) is 0 Å². The Labute approximate surface area is 55.0 Å². The summed E-state index contributed by atoms with van der Waals surface area (Å²) in [5, 5.41) is 1.83. The summed E-state index contributed by atoms with van der Waals surface area (Å²) in [6, 6.07) is 0. The minimum atomic E-state index is 1.03. The largest absolute Gasteiger partial charge is 0.151 e. The molecule has 0 aromatic rings. The molecule has 0 bridgehead atoms. The van der Waals surface area contributed by atoms with Gasteiger partial charge in [0.2, 0.25) is 0 Å². The second kappa shape index (κ2) is 2.78. The second-order valence-corrected chi connectivity index (χ2v) is 1.95. The minimum Gasteiger partial charge on any atom is -0.151 e. The van der Waals surface area contributed by atoms with E-state index in [4.69, 9.17) is 0 Å². The average molecular weight is 124 g/mol. The molecule has 0 heterocycles. The molecule has 1 rings (SSSR count). The van der Waals surface area contributed by atoms with Crippen LogP contribution in [0.4, 0.5) is 0 Å². The first-order chi connectivity index (χ1) is 3.93.